The van der Waals surface area contributed by atoms with Crippen molar-refractivity contribution in [3.05, 3.63) is 106 Å². The fraction of sp³-hybridized carbons (Fsp3) is 0.115. The second kappa shape index (κ2) is 8.76. The van der Waals surface area contributed by atoms with Crippen LogP contribution in [0.5, 0.6) is 0 Å². The average Bonchev–Trinajstić information content (AvgIpc) is 3.30. The van der Waals surface area contributed by atoms with Gasteiger partial charge in [-0.1, -0.05) is 58.7 Å². The third kappa shape index (κ3) is 4.06. The first kappa shape index (κ1) is 21.9. The van der Waals surface area contributed by atoms with Crippen molar-refractivity contribution >= 4 is 28.9 Å². The number of hydrogen-bond acceptors (Lipinski definition) is 4. The van der Waals surface area contributed by atoms with Crippen molar-refractivity contribution in [1.29, 1.82) is 0 Å². The predicted molar refractivity (Wildman–Crippen MR) is 129 cm³/mol. The smallest absolute Gasteiger partial charge is 0.326 e. The molecule has 2 amide bonds. The van der Waals surface area contributed by atoms with E-state index in [0.717, 1.165) is 11.1 Å². The van der Waals surface area contributed by atoms with E-state index >= 15 is 0 Å². The molecule has 0 fully saturated rings. The molecular formula is C26H20ClFN4O2. The Bertz CT molecular complexity index is 1400. The fourth-order valence-corrected chi connectivity index (χ4v) is 4.13. The maximum Gasteiger partial charge on any atom is 0.326 e. The van der Waals surface area contributed by atoms with Gasteiger partial charge in [0, 0.05) is 16.3 Å². The van der Waals surface area contributed by atoms with E-state index in [4.69, 9.17) is 16.1 Å². The second-order valence-electron chi connectivity index (χ2n) is 8.04. The summed E-state index contributed by atoms with van der Waals surface area (Å²) in [4.78, 5) is 19.4. The summed E-state index contributed by atoms with van der Waals surface area (Å²) in [5.41, 5.74) is 4.36. The van der Waals surface area contributed by atoms with E-state index in [1.54, 1.807) is 29.2 Å². The fourth-order valence-electron chi connectivity index (χ4n) is 4.01. The molecule has 0 radical (unpaired) electrons. The standard InChI is InChI=1S/C26H20ClFN4O2/c1-15-6-12-21(13-7-15)32-16(2)22(23(29-26(32)33)17-8-10-19(27)11-9-17)25-30-24(31-34-25)18-4-3-5-20(28)14-18/h3-14,23H,1-2H3,(H,29,33). The van der Waals surface area contributed by atoms with E-state index in [0.29, 0.717) is 27.5 Å². The number of urea groups is 1. The van der Waals surface area contributed by atoms with Gasteiger partial charge in [0.05, 0.1) is 17.3 Å². The highest BCUT2D eigenvalue weighted by molar-refractivity contribution is 6.30. The van der Waals surface area contributed by atoms with Gasteiger partial charge in [0.25, 0.3) is 5.89 Å². The van der Waals surface area contributed by atoms with Crippen molar-refractivity contribution in [1.82, 2.24) is 15.5 Å². The summed E-state index contributed by atoms with van der Waals surface area (Å²) in [5.74, 6) is 0.0889. The van der Waals surface area contributed by atoms with Crippen LogP contribution in [-0.4, -0.2) is 16.2 Å². The Labute approximate surface area is 200 Å². The van der Waals surface area contributed by atoms with Gasteiger partial charge in [0.1, 0.15) is 5.82 Å². The number of halogens is 2. The molecule has 170 valence electrons. The van der Waals surface area contributed by atoms with Crippen LogP contribution in [-0.2, 0) is 0 Å². The summed E-state index contributed by atoms with van der Waals surface area (Å²) in [6, 6.07) is 20.0. The number of rotatable bonds is 4. The van der Waals surface area contributed by atoms with Gasteiger partial charge in [0.2, 0.25) is 5.82 Å². The first-order chi connectivity index (χ1) is 16.4. The molecule has 3 aromatic carbocycles. The zero-order valence-corrected chi connectivity index (χ0v) is 19.2. The van der Waals surface area contributed by atoms with Gasteiger partial charge in [-0.2, -0.15) is 4.98 Å². The summed E-state index contributed by atoms with van der Waals surface area (Å²) in [7, 11) is 0. The van der Waals surface area contributed by atoms with E-state index in [-0.39, 0.29) is 17.7 Å². The number of allylic oxidation sites excluding steroid dienone is 1. The van der Waals surface area contributed by atoms with Gasteiger partial charge in [-0.05, 0) is 55.8 Å². The number of aromatic nitrogens is 2. The molecule has 1 N–H and O–H groups in total. The van der Waals surface area contributed by atoms with Gasteiger partial charge in [-0.3, -0.25) is 4.90 Å². The molecule has 1 unspecified atom stereocenters. The predicted octanol–water partition coefficient (Wildman–Crippen LogP) is 6.54. The lowest BCUT2D eigenvalue weighted by atomic mass is 9.94. The lowest BCUT2D eigenvalue weighted by molar-refractivity contribution is 0.244. The van der Waals surface area contributed by atoms with Gasteiger partial charge < -0.3 is 9.84 Å². The lowest BCUT2D eigenvalue weighted by Gasteiger charge is -2.35. The summed E-state index contributed by atoms with van der Waals surface area (Å²) >= 11 is 6.08. The topological polar surface area (TPSA) is 71.3 Å². The molecule has 1 atom stereocenters. The highest BCUT2D eigenvalue weighted by atomic mass is 35.5. The monoisotopic (exact) mass is 474 g/mol. The molecule has 1 aliphatic heterocycles. The van der Waals surface area contributed by atoms with Crippen molar-refractivity contribution in [2.24, 2.45) is 0 Å². The average molecular weight is 475 g/mol. The first-order valence-corrected chi connectivity index (χ1v) is 11.0. The minimum atomic E-state index is -0.549. The van der Waals surface area contributed by atoms with E-state index in [9.17, 15) is 9.18 Å². The number of nitrogens with one attached hydrogen (secondary N) is 1. The van der Waals surface area contributed by atoms with Crippen LogP contribution in [0.15, 0.2) is 83.0 Å². The van der Waals surface area contributed by atoms with Crippen LogP contribution < -0.4 is 10.2 Å². The zero-order valence-electron chi connectivity index (χ0n) is 18.4. The maximum absolute atomic E-state index is 13.7. The van der Waals surface area contributed by atoms with Crippen molar-refractivity contribution in [3.63, 3.8) is 0 Å². The quantitative estimate of drug-likeness (QED) is 0.364. The van der Waals surface area contributed by atoms with Gasteiger partial charge in [-0.25, -0.2) is 9.18 Å². The first-order valence-electron chi connectivity index (χ1n) is 10.6. The van der Waals surface area contributed by atoms with Gasteiger partial charge in [0.15, 0.2) is 0 Å². The number of hydrogen-bond donors (Lipinski definition) is 1. The van der Waals surface area contributed by atoms with Gasteiger partial charge in [-0.15, -0.1) is 0 Å². The molecule has 0 aliphatic carbocycles. The number of carbonyl (C=O) groups is 1. The number of nitrogens with zero attached hydrogens (tertiary/aromatic N) is 3. The highest BCUT2D eigenvalue weighted by Gasteiger charge is 2.36. The molecule has 0 saturated carbocycles. The molecule has 2 heterocycles. The molecule has 5 rings (SSSR count). The molecular weight excluding hydrogens is 455 g/mol. The summed E-state index contributed by atoms with van der Waals surface area (Å²) in [5, 5.41) is 7.70. The molecule has 8 heteroatoms. The molecule has 1 aromatic heterocycles. The normalized spacial score (nSPS) is 16.1. The lowest BCUT2D eigenvalue weighted by Crippen LogP contribution is -2.46. The number of benzene rings is 3. The molecule has 0 saturated heterocycles. The Morgan fingerprint density at radius 1 is 1.03 bits per heavy atom. The van der Waals surface area contributed by atoms with Crippen LogP contribution >= 0.6 is 11.6 Å². The molecule has 4 aromatic rings. The maximum atomic E-state index is 13.7. The van der Waals surface area contributed by atoms with E-state index in [1.165, 1.54) is 12.1 Å². The van der Waals surface area contributed by atoms with E-state index in [1.807, 2.05) is 50.2 Å². The Morgan fingerprint density at radius 3 is 2.47 bits per heavy atom. The number of carbonyl (C=O) groups excluding carboxylic acids is 1. The minimum Gasteiger partial charge on any atom is -0.334 e. The zero-order chi connectivity index (χ0) is 23.8. The number of anilines is 1. The Kier molecular flexibility index (Phi) is 5.63. The SMILES string of the molecule is CC1=C(c2nc(-c3cccc(F)c3)no2)C(c2ccc(Cl)cc2)NC(=O)N1c1ccc(C)cc1. The summed E-state index contributed by atoms with van der Waals surface area (Å²) < 4.78 is 19.4. The molecule has 1 aliphatic rings. The minimum absolute atomic E-state index is 0.230. The Hall–Kier alpha value is -3.97. The number of aryl methyl sites for hydroxylation is 1. The molecule has 0 spiro atoms. The highest BCUT2D eigenvalue weighted by Crippen LogP contribution is 2.39. The third-order valence-corrected chi connectivity index (χ3v) is 5.97. The van der Waals surface area contributed by atoms with Crippen molar-refractivity contribution in [2.75, 3.05) is 4.90 Å². The molecule has 0 bridgehead atoms. The molecule has 34 heavy (non-hydrogen) atoms. The van der Waals surface area contributed by atoms with Crippen molar-refractivity contribution < 1.29 is 13.7 Å². The van der Waals surface area contributed by atoms with Crippen LogP contribution in [0.4, 0.5) is 14.9 Å². The largest absolute Gasteiger partial charge is 0.334 e. The van der Waals surface area contributed by atoms with E-state index < -0.39 is 11.9 Å². The van der Waals surface area contributed by atoms with Gasteiger partial charge >= 0.3 is 6.03 Å². The van der Waals surface area contributed by atoms with Crippen LogP contribution in [0.2, 0.25) is 5.02 Å². The third-order valence-electron chi connectivity index (χ3n) is 5.72. The molecule has 6 nitrogen and oxygen atoms in total. The van der Waals surface area contributed by atoms with Crippen LogP contribution in [0.25, 0.3) is 17.0 Å². The van der Waals surface area contributed by atoms with Crippen LogP contribution in [0.1, 0.15) is 30.0 Å². The Morgan fingerprint density at radius 2 is 1.76 bits per heavy atom. The van der Waals surface area contributed by atoms with Crippen molar-refractivity contribution in [2.45, 2.75) is 19.9 Å². The van der Waals surface area contributed by atoms with E-state index in [2.05, 4.69) is 15.5 Å². The van der Waals surface area contributed by atoms with Crippen molar-refractivity contribution in [3.8, 4) is 11.4 Å². The van der Waals surface area contributed by atoms with Crippen LogP contribution in [0.3, 0.4) is 0 Å². The summed E-state index contributed by atoms with van der Waals surface area (Å²) in [6.07, 6.45) is 0. The number of amides is 2. The summed E-state index contributed by atoms with van der Waals surface area (Å²) in [6.45, 7) is 3.82. The Balaban J connectivity index is 1.65. The second-order valence-corrected chi connectivity index (χ2v) is 8.47. The van der Waals surface area contributed by atoms with Crippen LogP contribution in [0, 0.1) is 12.7 Å².